The normalized spacial score (nSPS) is 14.7. The van der Waals surface area contributed by atoms with Crippen LogP contribution < -0.4 is 9.47 Å². The van der Waals surface area contributed by atoms with Crippen LogP contribution in [0, 0.1) is 0 Å². The van der Waals surface area contributed by atoms with E-state index in [0.29, 0.717) is 36.5 Å². The van der Waals surface area contributed by atoms with Gasteiger partial charge in [0, 0.05) is 18.1 Å². The molecule has 1 heterocycles. The second-order valence-electron chi connectivity index (χ2n) is 10.3. The maximum absolute atomic E-state index is 12.5. The first-order chi connectivity index (χ1) is 19.9. The Balaban J connectivity index is 1.25. The number of carbonyl (C=O) groups excluding carboxylic acids is 3. The van der Waals surface area contributed by atoms with Crippen LogP contribution in [0.1, 0.15) is 93.5 Å². The standard InChI is InChI=1S/C34H42O7/c1-3-4-23-39-32(35)22-15-27-13-18-30(19-14-27)40-34(37)28-16-20-29(21-17-28)38-24-11-9-7-5-6-8-10-12-31-25-26(2)33(36)41-31/h13-22,31H,2-12,23-25H2,1H3/b22-15+. The fourth-order valence-electron chi connectivity index (χ4n) is 4.37. The van der Waals surface area contributed by atoms with E-state index in [0.717, 1.165) is 56.3 Å². The highest BCUT2D eigenvalue weighted by Gasteiger charge is 2.26. The predicted molar refractivity (Wildman–Crippen MR) is 159 cm³/mol. The van der Waals surface area contributed by atoms with Gasteiger partial charge in [-0.2, -0.15) is 0 Å². The molecule has 2 aromatic rings. The summed E-state index contributed by atoms with van der Waals surface area (Å²) in [6, 6.07) is 13.9. The number of hydrogen-bond acceptors (Lipinski definition) is 7. The van der Waals surface area contributed by atoms with Gasteiger partial charge in [0.25, 0.3) is 0 Å². The fraction of sp³-hybridized carbons (Fsp3) is 0.441. The topological polar surface area (TPSA) is 88.1 Å². The van der Waals surface area contributed by atoms with Gasteiger partial charge in [0.05, 0.1) is 18.8 Å². The molecule has 0 saturated carbocycles. The minimum absolute atomic E-state index is 0.0351. The van der Waals surface area contributed by atoms with Crippen molar-refractivity contribution in [1.29, 1.82) is 0 Å². The van der Waals surface area contributed by atoms with E-state index in [9.17, 15) is 14.4 Å². The quantitative estimate of drug-likeness (QED) is 0.0798. The Morgan fingerprint density at radius 2 is 1.54 bits per heavy atom. The molecule has 1 unspecified atom stereocenters. The van der Waals surface area contributed by atoms with Crippen LogP contribution in [0.2, 0.25) is 0 Å². The lowest BCUT2D eigenvalue weighted by Gasteiger charge is -2.09. The molecule has 0 N–H and O–H groups in total. The van der Waals surface area contributed by atoms with Gasteiger partial charge in [-0.15, -0.1) is 0 Å². The Morgan fingerprint density at radius 3 is 2.20 bits per heavy atom. The first-order valence-corrected chi connectivity index (χ1v) is 14.7. The summed E-state index contributed by atoms with van der Waals surface area (Å²) in [5.41, 5.74) is 1.84. The van der Waals surface area contributed by atoms with Crippen LogP contribution in [-0.4, -0.2) is 37.2 Å². The summed E-state index contributed by atoms with van der Waals surface area (Å²) < 4.78 is 21.6. The molecule has 7 heteroatoms. The summed E-state index contributed by atoms with van der Waals surface area (Å²) in [5, 5.41) is 0. The van der Waals surface area contributed by atoms with Gasteiger partial charge in [-0.25, -0.2) is 14.4 Å². The fourth-order valence-corrected chi connectivity index (χ4v) is 4.37. The Labute approximate surface area is 243 Å². The highest BCUT2D eigenvalue weighted by molar-refractivity contribution is 5.91. The summed E-state index contributed by atoms with van der Waals surface area (Å²) >= 11 is 0. The van der Waals surface area contributed by atoms with E-state index in [2.05, 4.69) is 6.58 Å². The highest BCUT2D eigenvalue weighted by Crippen LogP contribution is 2.23. The van der Waals surface area contributed by atoms with Crippen LogP contribution in [0.5, 0.6) is 11.5 Å². The number of hydrogen-bond donors (Lipinski definition) is 0. The van der Waals surface area contributed by atoms with Crippen LogP contribution in [0.4, 0.5) is 0 Å². The predicted octanol–water partition coefficient (Wildman–Crippen LogP) is 7.63. The van der Waals surface area contributed by atoms with E-state index < -0.39 is 5.97 Å². The van der Waals surface area contributed by atoms with Crippen LogP contribution in [0.15, 0.2) is 66.8 Å². The molecule has 1 fully saturated rings. The number of carbonyl (C=O) groups is 3. The Kier molecular flexibility index (Phi) is 13.7. The Bertz CT molecular complexity index is 1130. The van der Waals surface area contributed by atoms with Crippen LogP contribution in [0.25, 0.3) is 6.08 Å². The minimum atomic E-state index is -0.450. The van der Waals surface area contributed by atoms with Crippen molar-refractivity contribution < 1.29 is 33.3 Å². The SMILES string of the molecule is C=C1CC(CCCCCCCCCOc2ccc(C(=O)Oc3ccc(/C=C/C(=O)OCCCC)cc3)cc2)OC1=O. The molecule has 1 atom stereocenters. The third-order valence-electron chi connectivity index (χ3n) is 6.81. The Hall–Kier alpha value is -3.87. The van der Waals surface area contributed by atoms with E-state index in [1.54, 1.807) is 54.6 Å². The van der Waals surface area contributed by atoms with Crippen molar-refractivity contribution in [3.8, 4) is 11.5 Å². The number of ether oxygens (including phenoxy) is 4. The van der Waals surface area contributed by atoms with Gasteiger partial charge < -0.3 is 18.9 Å². The van der Waals surface area contributed by atoms with Crippen LogP contribution in [0.3, 0.4) is 0 Å². The molecule has 0 aromatic heterocycles. The summed E-state index contributed by atoms with van der Waals surface area (Å²) in [6.45, 7) is 6.82. The lowest BCUT2D eigenvalue weighted by Crippen LogP contribution is -2.08. The number of esters is 3. The first-order valence-electron chi connectivity index (χ1n) is 14.7. The summed E-state index contributed by atoms with van der Waals surface area (Å²) in [6.07, 6.45) is 14.4. The van der Waals surface area contributed by atoms with Crippen molar-refractivity contribution in [3.05, 3.63) is 77.9 Å². The van der Waals surface area contributed by atoms with Crippen molar-refractivity contribution in [3.63, 3.8) is 0 Å². The summed E-state index contributed by atoms with van der Waals surface area (Å²) in [4.78, 5) is 35.5. The lowest BCUT2D eigenvalue weighted by atomic mass is 10.0. The first kappa shape index (κ1) is 31.7. The number of unbranched alkanes of at least 4 members (excludes halogenated alkanes) is 7. The molecule has 0 bridgehead atoms. The van der Waals surface area contributed by atoms with Gasteiger partial charge in [-0.05, 0) is 73.7 Å². The molecule has 1 aliphatic heterocycles. The van der Waals surface area contributed by atoms with E-state index in [1.165, 1.54) is 25.3 Å². The highest BCUT2D eigenvalue weighted by atomic mass is 16.6. The average Bonchev–Trinajstić information content (AvgIpc) is 3.30. The zero-order chi connectivity index (χ0) is 29.3. The van der Waals surface area contributed by atoms with Crippen molar-refractivity contribution in [2.24, 2.45) is 0 Å². The molecule has 1 saturated heterocycles. The molecule has 0 aliphatic carbocycles. The van der Waals surface area contributed by atoms with Crippen molar-refractivity contribution in [2.75, 3.05) is 13.2 Å². The Morgan fingerprint density at radius 1 is 0.878 bits per heavy atom. The summed E-state index contributed by atoms with van der Waals surface area (Å²) in [7, 11) is 0. The maximum Gasteiger partial charge on any atom is 0.343 e. The molecule has 7 nitrogen and oxygen atoms in total. The van der Waals surface area contributed by atoms with Gasteiger partial charge in [0.15, 0.2) is 0 Å². The third-order valence-corrected chi connectivity index (χ3v) is 6.81. The molecule has 2 aromatic carbocycles. The zero-order valence-corrected chi connectivity index (χ0v) is 24.1. The van der Waals surface area contributed by atoms with E-state index in [4.69, 9.17) is 18.9 Å². The monoisotopic (exact) mass is 562 g/mol. The lowest BCUT2D eigenvalue weighted by molar-refractivity contribution is -0.139. The number of benzene rings is 2. The van der Waals surface area contributed by atoms with Crippen molar-refractivity contribution >= 4 is 24.0 Å². The van der Waals surface area contributed by atoms with E-state index in [-0.39, 0.29) is 18.0 Å². The van der Waals surface area contributed by atoms with Gasteiger partial charge in [-0.3, -0.25) is 0 Å². The van der Waals surface area contributed by atoms with Gasteiger partial charge >= 0.3 is 17.9 Å². The minimum Gasteiger partial charge on any atom is -0.494 e. The second kappa shape index (κ2) is 17.7. The zero-order valence-electron chi connectivity index (χ0n) is 24.1. The molecule has 0 amide bonds. The van der Waals surface area contributed by atoms with Gasteiger partial charge in [-0.1, -0.05) is 64.2 Å². The van der Waals surface area contributed by atoms with Gasteiger partial charge in [0.1, 0.15) is 17.6 Å². The second-order valence-corrected chi connectivity index (χ2v) is 10.3. The molecule has 220 valence electrons. The molecule has 0 spiro atoms. The smallest absolute Gasteiger partial charge is 0.343 e. The largest absolute Gasteiger partial charge is 0.494 e. The van der Waals surface area contributed by atoms with Crippen molar-refractivity contribution in [1.82, 2.24) is 0 Å². The van der Waals surface area contributed by atoms with E-state index >= 15 is 0 Å². The average molecular weight is 563 g/mol. The molecule has 3 rings (SSSR count). The number of rotatable bonds is 18. The number of cyclic esters (lactones) is 1. The third kappa shape index (κ3) is 12.0. The van der Waals surface area contributed by atoms with Gasteiger partial charge in [0.2, 0.25) is 0 Å². The summed E-state index contributed by atoms with van der Waals surface area (Å²) in [5.74, 6) is 0.0874. The molecule has 41 heavy (non-hydrogen) atoms. The molecule has 1 aliphatic rings. The molecular weight excluding hydrogens is 520 g/mol. The van der Waals surface area contributed by atoms with E-state index in [1.807, 2.05) is 6.92 Å². The maximum atomic E-state index is 12.5. The van der Waals surface area contributed by atoms with Crippen LogP contribution in [-0.2, 0) is 19.1 Å². The van der Waals surface area contributed by atoms with Crippen molar-refractivity contribution in [2.45, 2.75) is 83.7 Å². The molecule has 0 radical (unpaired) electrons. The van der Waals surface area contributed by atoms with Crippen LogP contribution >= 0.6 is 0 Å². The molecular formula is C34H42O7.